The molecule has 0 unspecified atom stereocenters. The molecule has 0 aliphatic carbocycles. The molecule has 6 heteroatoms. The van der Waals surface area contributed by atoms with Crippen molar-refractivity contribution in [3.05, 3.63) is 70.2 Å². The predicted octanol–water partition coefficient (Wildman–Crippen LogP) is 3.66. The normalized spacial score (nSPS) is 16.4. The Labute approximate surface area is 144 Å². The van der Waals surface area contributed by atoms with Crippen LogP contribution in [-0.2, 0) is 22.6 Å². The zero-order valence-corrected chi connectivity index (χ0v) is 13.6. The molecular weight excluding hydrogens is 330 g/mol. The number of hydrogen-bond donors (Lipinski definition) is 1. The van der Waals surface area contributed by atoms with Crippen LogP contribution in [0, 0.1) is 0 Å². The third-order valence-corrected chi connectivity index (χ3v) is 4.24. The highest BCUT2D eigenvalue weighted by Gasteiger charge is 2.36. The molecule has 24 heavy (non-hydrogen) atoms. The lowest BCUT2D eigenvalue weighted by Gasteiger charge is -2.34. The van der Waals surface area contributed by atoms with E-state index in [-0.39, 0.29) is 13.2 Å². The number of rotatable bonds is 3. The summed E-state index contributed by atoms with van der Waals surface area (Å²) in [6.45, 7) is 0.383. The minimum atomic E-state index is -1.09. The highest BCUT2D eigenvalue weighted by Crippen LogP contribution is 2.32. The van der Waals surface area contributed by atoms with E-state index in [1.165, 1.54) is 4.90 Å². The van der Waals surface area contributed by atoms with Gasteiger partial charge < -0.3 is 9.84 Å². The van der Waals surface area contributed by atoms with Crippen LogP contribution in [0.5, 0.6) is 0 Å². The number of fused-ring (bicyclic) bond motifs is 1. The summed E-state index contributed by atoms with van der Waals surface area (Å²) < 4.78 is 5.28. The van der Waals surface area contributed by atoms with E-state index < -0.39 is 18.1 Å². The fourth-order valence-electron chi connectivity index (χ4n) is 2.86. The summed E-state index contributed by atoms with van der Waals surface area (Å²) >= 11 is 5.97. The van der Waals surface area contributed by atoms with Gasteiger partial charge in [0.05, 0.1) is 0 Å². The number of carboxylic acid groups (broad SMARTS) is 1. The zero-order valence-electron chi connectivity index (χ0n) is 12.8. The molecule has 5 nitrogen and oxygen atoms in total. The van der Waals surface area contributed by atoms with Crippen molar-refractivity contribution in [1.29, 1.82) is 0 Å². The van der Waals surface area contributed by atoms with Gasteiger partial charge in [-0.25, -0.2) is 9.59 Å². The summed E-state index contributed by atoms with van der Waals surface area (Å²) in [7, 11) is 0. The number of hydrogen-bond acceptors (Lipinski definition) is 3. The first-order valence-corrected chi connectivity index (χ1v) is 7.92. The van der Waals surface area contributed by atoms with E-state index in [1.54, 1.807) is 18.2 Å². The van der Waals surface area contributed by atoms with Gasteiger partial charge in [-0.3, -0.25) is 4.90 Å². The Kier molecular flexibility index (Phi) is 4.71. The monoisotopic (exact) mass is 345 g/mol. The van der Waals surface area contributed by atoms with E-state index >= 15 is 0 Å². The molecular formula is C18H16ClNO4. The summed E-state index contributed by atoms with van der Waals surface area (Å²) in [4.78, 5) is 25.3. The largest absolute Gasteiger partial charge is 0.479 e. The molecule has 1 amide bonds. The number of carbonyl (C=O) groups is 2. The van der Waals surface area contributed by atoms with E-state index in [4.69, 9.17) is 16.3 Å². The molecule has 0 bridgehead atoms. The highest BCUT2D eigenvalue weighted by molar-refractivity contribution is 6.30. The summed E-state index contributed by atoms with van der Waals surface area (Å²) in [5.41, 5.74) is 2.28. The van der Waals surface area contributed by atoms with Gasteiger partial charge in [0.1, 0.15) is 6.61 Å². The van der Waals surface area contributed by atoms with Crippen molar-refractivity contribution in [1.82, 2.24) is 4.90 Å². The number of amides is 1. The van der Waals surface area contributed by atoms with Gasteiger partial charge >= 0.3 is 12.1 Å². The first-order valence-electron chi connectivity index (χ1n) is 7.54. The van der Waals surface area contributed by atoms with Crippen molar-refractivity contribution >= 4 is 23.7 Å². The summed E-state index contributed by atoms with van der Waals surface area (Å²) in [5, 5.41) is 10.1. The van der Waals surface area contributed by atoms with Gasteiger partial charge in [0.2, 0.25) is 0 Å². The van der Waals surface area contributed by atoms with Crippen LogP contribution in [0.25, 0.3) is 0 Å². The average Bonchev–Trinajstić information content (AvgIpc) is 2.59. The molecule has 2 aromatic carbocycles. The summed E-state index contributed by atoms with van der Waals surface area (Å²) in [6, 6.07) is 13.2. The highest BCUT2D eigenvalue weighted by atomic mass is 35.5. The third-order valence-electron chi connectivity index (χ3n) is 4.01. The molecule has 0 spiro atoms. The Morgan fingerprint density at radius 2 is 1.96 bits per heavy atom. The van der Waals surface area contributed by atoms with E-state index in [1.807, 2.05) is 30.3 Å². The quantitative estimate of drug-likeness (QED) is 0.921. The number of carbonyl (C=O) groups excluding carboxylic acids is 1. The molecule has 0 radical (unpaired) electrons. The van der Waals surface area contributed by atoms with Crippen molar-refractivity contribution in [2.75, 3.05) is 6.54 Å². The molecule has 1 N–H and O–H groups in total. The Balaban J connectivity index is 1.78. The molecule has 3 rings (SSSR count). The molecule has 1 aliphatic heterocycles. The van der Waals surface area contributed by atoms with E-state index in [0.717, 1.165) is 11.1 Å². The summed E-state index contributed by atoms with van der Waals surface area (Å²) in [5.74, 6) is -1.09. The second-order valence-electron chi connectivity index (χ2n) is 5.57. The SMILES string of the molecule is O=C(O)[C@H]1c2ccc(Cl)cc2CCN1C(=O)OCc1ccccc1. The van der Waals surface area contributed by atoms with E-state index in [9.17, 15) is 14.7 Å². The van der Waals surface area contributed by atoms with E-state index in [0.29, 0.717) is 17.0 Å². The van der Waals surface area contributed by atoms with Crippen LogP contribution in [-0.4, -0.2) is 28.6 Å². The summed E-state index contributed by atoms with van der Waals surface area (Å²) in [6.07, 6.45) is -0.0908. The molecule has 1 heterocycles. The first-order chi connectivity index (χ1) is 11.6. The Morgan fingerprint density at radius 3 is 2.67 bits per heavy atom. The Hall–Kier alpha value is -2.53. The van der Waals surface area contributed by atoms with Crippen LogP contribution in [0.3, 0.4) is 0 Å². The number of halogens is 1. The maximum atomic E-state index is 12.4. The van der Waals surface area contributed by atoms with Gasteiger partial charge in [0, 0.05) is 11.6 Å². The molecule has 2 aromatic rings. The second kappa shape index (κ2) is 6.93. The van der Waals surface area contributed by atoms with Gasteiger partial charge in [-0.05, 0) is 35.2 Å². The lowest BCUT2D eigenvalue weighted by molar-refractivity contribution is -0.143. The standard InChI is InChI=1S/C18H16ClNO4/c19-14-6-7-15-13(10-14)8-9-20(16(15)17(21)22)18(23)24-11-12-4-2-1-3-5-12/h1-7,10,16H,8-9,11H2,(H,21,22)/t16-/m1/s1. The molecule has 0 fully saturated rings. The van der Waals surface area contributed by atoms with Crippen molar-refractivity contribution < 1.29 is 19.4 Å². The van der Waals surface area contributed by atoms with Crippen molar-refractivity contribution in [2.45, 2.75) is 19.1 Å². The minimum absolute atomic E-state index is 0.107. The second-order valence-corrected chi connectivity index (χ2v) is 6.00. The van der Waals surface area contributed by atoms with Gasteiger partial charge in [-0.2, -0.15) is 0 Å². The molecule has 124 valence electrons. The van der Waals surface area contributed by atoms with Crippen LogP contribution in [0.2, 0.25) is 5.02 Å². The molecule has 1 aliphatic rings. The Morgan fingerprint density at radius 1 is 1.21 bits per heavy atom. The number of nitrogens with zero attached hydrogens (tertiary/aromatic N) is 1. The maximum absolute atomic E-state index is 12.4. The molecule has 0 aromatic heterocycles. The minimum Gasteiger partial charge on any atom is -0.479 e. The number of ether oxygens (including phenoxy) is 1. The molecule has 0 saturated carbocycles. The van der Waals surface area contributed by atoms with Crippen LogP contribution < -0.4 is 0 Å². The van der Waals surface area contributed by atoms with Crippen LogP contribution in [0.1, 0.15) is 22.7 Å². The van der Waals surface area contributed by atoms with Gasteiger partial charge in [0.25, 0.3) is 0 Å². The van der Waals surface area contributed by atoms with Crippen molar-refractivity contribution in [3.8, 4) is 0 Å². The first kappa shape index (κ1) is 16.3. The number of benzene rings is 2. The van der Waals surface area contributed by atoms with Crippen LogP contribution >= 0.6 is 11.6 Å². The van der Waals surface area contributed by atoms with E-state index in [2.05, 4.69) is 0 Å². The van der Waals surface area contributed by atoms with Gasteiger partial charge in [-0.1, -0.05) is 48.0 Å². The van der Waals surface area contributed by atoms with Crippen molar-refractivity contribution in [2.24, 2.45) is 0 Å². The van der Waals surface area contributed by atoms with Crippen molar-refractivity contribution in [3.63, 3.8) is 0 Å². The van der Waals surface area contributed by atoms with Gasteiger partial charge in [0.15, 0.2) is 6.04 Å². The Bertz CT molecular complexity index is 763. The third kappa shape index (κ3) is 3.36. The van der Waals surface area contributed by atoms with Gasteiger partial charge in [-0.15, -0.1) is 0 Å². The topological polar surface area (TPSA) is 66.8 Å². The van der Waals surface area contributed by atoms with Crippen LogP contribution in [0.4, 0.5) is 4.79 Å². The maximum Gasteiger partial charge on any atom is 0.411 e. The predicted molar refractivity (Wildman–Crippen MR) is 88.9 cm³/mol. The van der Waals surface area contributed by atoms with Crippen LogP contribution in [0.15, 0.2) is 48.5 Å². The smallest absolute Gasteiger partial charge is 0.411 e. The fourth-order valence-corrected chi connectivity index (χ4v) is 3.06. The number of carboxylic acids is 1. The lowest BCUT2D eigenvalue weighted by atomic mass is 9.93. The fraction of sp³-hybridized carbons (Fsp3) is 0.222. The molecule has 0 saturated heterocycles. The average molecular weight is 346 g/mol. The lowest BCUT2D eigenvalue weighted by Crippen LogP contribution is -2.43. The zero-order chi connectivity index (χ0) is 17.1. The molecule has 1 atom stereocenters. The number of aliphatic carboxylic acids is 1.